The van der Waals surface area contributed by atoms with Gasteiger partial charge in [0, 0.05) is 35.3 Å². The normalized spacial score (nSPS) is 14.4. The van der Waals surface area contributed by atoms with Gasteiger partial charge >= 0.3 is 0 Å². The Bertz CT molecular complexity index is 651. The summed E-state index contributed by atoms with van der Waals surface area (Å²) in [5, 5.41) is 0. The number of hydrogen-bond donors (Lipinski definition) is 1. The van der Waals surface area contributed by atoms with E-state index in [0.717, 1.165) is 34.3 Å². The molecule has 1 fully saturated rings. The first-order valence-electron chi connectivity index (χ1n) is 6.64. The van der Waals surface area contributed by atoms with Crippen LogP contribution in [0.1, 0.15) is 18.4 Å². The topological polar surface area (TPSA) is 42.4 Å². The summed E-state index contributed by atoms with van der Waals surface area (Å²) in [5.41, 5.74) is 7.28. The average Bonchev–Trinajstić information content (AvgIpc) is 3.09. The molecule has 2 aromatic rings. The van der Waals surface area contributed by atoms with E-state index in [0.29, 0.717) is 5.69 Å². The fraction of sp³-hybridized carbons (Fsp3) is 0.250. The molecular formula is C16H16N2OS. The van der Waals surface area contributed by atoms with Gasteiger partial charge in [0.2, 0.25) is 0 Å². The summed E-state index contributed by atoms with van der Waals surface area (Å²) in [6, 6.07) is 7.85. The van der Waals surface area contributed by atoms with Gasteiger partial charge in [-0.1, -0.05) is 17.7 Å². The second-order valence-corrected chi connectivity index (χ2v) is 5.96. The lowest BCUT2D eigenvalue weighted by atomic mass is 10.2. The summed E-state index contributed by atoms with van der Waals surface area (Å²) in [7, 11) is 0. The molecule has 1 aliphatic heterocycles. The molecule has 1 aliphatic rings. The van der Waals surface area contributed by atoms with Crippen LogP contribution < -0.4 is 10.6 Å². The van der Waals surface area contributed by atoms with Crippen LogP contribution in [-0.2, 0) is 0 Å². The third-order valence-electron chi connectivity index (χ3n) is 3.39. The Morgan fingerprint density at radius 2 is 2.00 bits per heavy atom. The molecule has 0 aliphatic carbocycles. The lowest BCUT2D eigenvalue weighted by Crippen LogP contribution is -2.16. The zero-order valence-corrected chi connectivity index (χ0v) is 12.0. The first-order valence-corrected chi connectivity index (χ1v) is 7.45. The molecule has 3 rings (SSSR count). The summed E-state index contributed by atoms with van der Waals surface area (Å²) in [6.45, 7) is 2.17. The van der Waals surface area contributed by atoms with Gasteiger partial charge in [-0.15, -0.1) is 6.42 Å². The van der Waals surface area contributed by atoms with E-state index >= 15 is 0 Å². The summed E-state index contributed by atoms with van der Waals surface area (Å²) >= 11 is 1.63. The third-order valence-corrected chi connectivity index (χ3v) is 4.33. The first kappa shape index (κ1) is 13.0. The average molecular weight is 284 g/mol. The van der Waals surface area contributed by atoms with Gasteiger partial charge in [0.25, 0.3) is 0 Å². The highest BCUT2D eigenvalue weighted by molar-refractivity contribution is 7.99. The van der Waals surface area contributed by atoms with E-state index in [2.05, 4.69) is 16.9 Å². The van der Waals surface area contributed by atoms with E-state index in [1.54, 1.807) is 18.0 Å². The third kappa shape index (κ3) is 2.63. The van der Waals surface area contributed by atoms with Gasteiger partial charge in [-0.2, -0.15) is 0 Å². The van der Waals surface area contributed by atoms with Gasteiger partial charge in [-0.05, 0) is 31.0 Å². The molecule has 1 aromatic carbocycles. The Morgan fingerprint density at radius 3 is 2.70 bits per heavy atom. The van der Waals surface area contributed by atoms with Crippen LogP contribution in [0.5, 0.6) is 0 Å². The minimum atomic E-state index is 0.640. The summed E-state index contributed by atoms with van der Waals surface area (Å²) in [5.74, 6) is 3.52. The Hall–Kier alpha value is -1.99. The van der Waals surface area contributed by atoms with Crippen LogP contribution in [0.25, 0.3) is 0 Å². The van der Waals surface area contributed by atoms with Gasteiger partial charge in [-0.3, -0.25) is 0 Å². The molecule has 0 saturated carbocycles. The number of terminal acetylenes is 1. The fourth-order valence-electron chi connectivity index (χ4n) is 2.34. The summed E-state index contributed by atoms with van der Waals surface area (Å²) in [6.07, 6.45) is 9.65. The van der Waals surface area contributed by atoms with Gasteiger partial charge in [0.1, 0.15) is 6.26 Å². The van der Waals surface area contributed by atoms with Crippen molar-refractivity contribution < 1.29 is 4.42 Å². The molecule has 1 aromatic heterocycles. The van der Waals surface area contributed by atoms with Crippen LogP contribution in [0.3, 0.4) is 0 Å². The molecule has 20 heavy (non-hydrogen) atoms. The molecule has 2 N–H and O–H groups in total. The minimum Gasteiger partial charge on any atom is -0.448 e. The van der Waals surface area contributed by atoms with Crippen LogP contribution in [0.4, 0.5) is 11.6 Å². The Morgan fingerprint density at radius 1 is 1.20 bits per heavy atom. The van der Waals surface area contributed by atoms with Gasteiger partial charge in [-0.25, -0.2) is 0 Å². The zero-order valence-electron chi connectivity index (χ0n) is 11.1. The molecule has 0 radical (unpaired) electrons. The predicted octanol–water partition coefficient (Wildman–Crippen LogP) is 3.59. The number of rotatable bonds is 3. The van der Waals surface area contributed by atoms with E-state index in [1.807, 2.05) is 18.2 Å². The maximum atomic E-state index is 5.90. The van der Waals surface area contributed by atoms with E-state index in [-0.39, 0.29) is 0 Å². The maximum Gasteiger partial charge on any atom is 0.196 e. The quantitative estimate of drug-likeness (QED) is 0.691. The van der Waals surface area contributed by atoms with Gasteiger partial charge in [0.15, 0.2) is 5.88 Å². The second kappa shape index (κ2) is 5.56. The molecule has 2 heterocycles. The molecule has 0 spiro atoms. The van der Waals surface area contributed by atoms with E-state index in [1.165, 1.54) is 12.8 Å². The SMILES string of the molecule is C#Cc1ccc(Sc2coc(N3CCCC3)c2)cc1N. The monoisotopic (exact) mass is 284 g/mol. The molecule has 102 valence electrons. The van der Waals surface area contributed by atoms with Gasteiger partial charge < -0.3 is 15.1 Å². The number of anilines is 2. The molecule has 0 atom stereocenters. The van der Waals surface area contributed by atoms with Gasteiger partial charge in [0.05, 0.1) is 4.90 Å². The van der Waals surface area contributed by atoms with Crippen molar-refractivity contribution in [3.63, 3.8) is 0 Å². The minimum absolute atomic E-state index is 0.640. The van der Waals surface area contributed by atoms with Crippen LogP contribution >= 0.6 is 11.8 Å². The Labute approximate surface area is 123 Å². The van der Waals surface area contributed by atoms with Crippen molar-refractivity contribution in [1.29, 1.82) is 0 Å². The lowest BCUT2D eigenvalue weighted by Gasteiger charge is -2.12. The van der Waals surface area contributed by atoms with Crippen molar-refractivity contribution in [3.05, 3.63) is 36.1 Å². The van der Waals surface area contributed by atoms with Crippen LogP contribution in [-0.4, -0.2) is 13.1 Å². The molecule has 3 nitrogen and oxygen atoms in total. The summed E-state index contributed by atoms with van der Waals surface area (Å²) in [4.78, 5) is 4.43. The van der Waals surface area contributed by atoms with Crippen molar-refractivity contribution >= 4 is 23.3 Å². The van der Waals surface area contributed by atoms with Crippen LogP contribution in [0.2, 0.25) is 0 Å². The molecule has 0 bridgehead atoms. The van der Waals surface area contributed by atoms with Crippen molar-refractivity contribution in [3.8, 4) is 12.3 Å². The van der Waals surface area contributed by atoms with Crippen molar-refractivity contribution in [2.24, 2.45) is 0 Å². The number of nitrogens with zero attached hydrogens (tertiary/aromatic N) is 1. The zero-order chi connectivity index (χ0) is 13.9. The maximum absolute atomic E-state index is 5.90. The molecule has 0 unspecified atom stereocenters. The molecule has 1 saturated heterocycles. The number of nitrogens with two attached hydrogens (primary N) is 1. The van der Waals surface area contributed by atoms with E-state index in [9.17, 15) is 0 Å². The van der Waals surface area contributed by atoms with E-state index < -0.39 is 0 Å². The number of hydrogen-bond acceptors (Lipinski definition) is 4. The highest BCUT2D eigenvalue weighted by Crippen LogP contribution is 2.34. The molecular weight excluding hydrogens is 268 g/mol. The smallest absolute Gasteiger partial charge is 0.196 e. The fourth-order valence-corrected chi connectivity index (χ4v) is 3.19. The van der Waals surface area contributed by atoms with Crippen LogP contribution in [0.15, 0.2) is 44.7 Å². The van der Waals surface area contributed by atoms with Crippen molar-refractivity contribution in [2.45, 2.75) is 22.6 Å². The number of benzene rings is 1. The van der Waals surface area contributed by atoms with Crippen molar-refractivity contribution in [2.75, 3.05) is 23.7 Å². The van der Waals surface area contributed by atoms with Crippen molar-refractivity contribution in [1.82, 2.24) is 0 Å². The Balaban J connectivity index is 1.74. The largest absolute Gasteiger partial charge is 0.448 e. The highest BCUT2D eigenvalue weighted by atomic mass is 32.2. The molecule has 0 amide bonds. The number of nitrogen functional groups attached to an aromatic ring is 1. The second-order valence-electron chi connectivity index (χ2n) is 4.81. The first-order chi connectivity index (χ1) is 9.76. The van der Waals surface area contributed by atoms with E-state index in [4.69, 9.17) is 16.6 Å². The summed E-state index contributed by atoms with van der Waals surface area (Å²) < 4.78 is 5.64. The highest BCUT2D eigenvalue weighted by Gasteiger charge is 2.16. The predicted molar refractivity (Wildman–Crippen MR) is 83.1 cm³/mol. The van der Waals surface area contributed by atoms with Crippen LogP contribution in [0, 0.1) is 12.3 Å². The molecule has 4 heteroatoms. The Kier molecular flexibility index (Phi) is 3.62. The lowest BCUT2D eigenvalue weighted by molar-refractivity contribution is 0.552. The standard InChI is InChI=1S/C16H16N2OS/c1-2-12-5-6-13(9-15(12)17)20-14-10-16(19-11-14)18-7-3-4-8-18/h1,5-6,9-11H,3-4,7-8,17H2. The number of furan rings is 1.